The zero-order valence-electron chi connectivity index (χ0n) is 16.1. The van der Waals surface area contributed by atoms with Crippen LogP contribution in [0.2, 0.25) is 0 Å². The maximum Gasteiger partial charge on any atom is 0.0940 e. The molecule has 1 saturated carbocycles. The van der Waals surface area contributed by atoms with E-state index in [4.69, 9.17) is 0 Å². The van der Waals surface area contributed by atoms with Gasteiger partial charge >= 0.3 is 0 Å². The predicted molar refractivity (Wildman–Crippen MR) is 113 cm³/mol. The fraction of sp³-hybridized carbons (Fsp3) is 0.308. The van der Waals surface area contributed by atoms with E-state index in [0.717, 1.165) is 31.5 Å². The summed E-state index contributed by atoms with van der Waals surface area (Å²) in [7, 11) is 0. The highest BCUT2D eigenvalue weighted by Crippen LogP contribution is 2.57. The Bertz CT molecular complexity index is 885. The Morgan fingerprint density at radius 3 is 1.61 bits per heavy atom. The highest BCUT2D eigenvalue weighted by molar-refractivity contribution is 5.44. The van der Waals surface area contributed by atoms with E-state index in [2.05, 4.69) is 78.1 Å². The van der Waals surface area contributed by atoms with Gasteiger partial charge in [0.05, 0.1) is 5.60 Å². The first-order valence-corrected chi connectivity index (χ1v) is 10.3. The monoisotopic (exact) mass is 369 g/mol. The van der Waals surface area contributed by atoms with Crippen LogP contribution in [0, 0.1) is 11.8 Å². The molecular formula is C26H27NO. The molecule has 1 heterocycles. The van der Waals surface area contributed by atoms with E-state index >= 15 is 0 Å². The minimum absolute atomic E-state index is 0.0717. The molecule has 2 aliphatic rings. The standard InChI is InChI=1S/C26H27NO/c28-26(22-14-8-3-9-15-22)17-16-25(20-10-4-1-5-11-20,21-12-6-2-7-13-21)23-18-27-19-24(23)26/h1-15,23-24,27-28H,16-19H2/t23-,24?,26?/m0/s1. The van der Waals surface area contributed by atoms with Gasteiger partial charge in [0.15, 0.2) is 0 Å². The van der Waals surface area contributed by atoms with Gasteiger partial charge in [0.1, 0.15) is 0 Å². The first kappa shape index (κ1) is 17.7. The predicted octanol–water partition coefficient (Wildman–Crippen LogP) is 4.49. The number of rotatable bonds is 3. The molecule has 0 spiro atoms. The Morgan fingerprint density at radius 1 is 0.607 bits per heavy atom. The van der Waals surface area contributed by atoms with Crippen molar-refractivity contribution in [3.8, 4) is 0 Å². The molecule has 28 heavy (non-hydrogen) atoms. The third kappa shape index (κ3) is 2.56. The van der Waals surface area contributed by atoms with Crippen molar-refractivity contribution < 1.29 is 5.11 Å². The Labute approximate surface area is 167 Å². The molecule has 5 rings (SSSR count). The highest BCUT2D eigenvalue weighted by atomic mass is 16.3. The molecule has 1 saturated heterocycles. The summed E-state index contributed by atoms with van der Waals surface area (Å²) in [6.07, 6.45) is 1.71. The van der Waals surface area contributed by atoms with Crippen LogP contribution in [0.4, 0.5) is 0 Å². The number of fused-ring (bicyclic) bond motifs is 1. The molecule has 3 atom stereocenters. The van der Waals surface area contributed by atoms with Crippen molar-refractivity contribution in [3.05, 3.63) is 108 Å². The Morgan fingerprint density at radius 2 is 1.07 bits per heavy atom. The van der Waals surface area contributed by atoms with Crippen LogP contribution in [0.1, 0.15) is 29.5 Å². The van der Waals surface area contributed by atoms with E-state index in [-0.39, 0.29) is 11.3 Å². The molecule has 2 unspecified atom stereocenters. The first-order valence-electron chi connectivity index (χ1n) is 10.3. The zero-order chi connectivity index (χ0) is 19.0. The molecule has 0 amide bonds. The van der Waals surface area contributed by atoms with Crippen LogP contribution in [0.3, 0.4) is 0 Å². The maximum absolute atomic E-state index is 11.9. The number of aliphatic hydroxyl groups is 1. The summed E-state index contributed by atoms with van der Waals surface area (Å²) in [6, 6.07) is 32.2. The average Bonchev–Trinajstić information content (AvgIpc) is 3.28. The van der Waals surface area contributed by atoms with Gasteiger partial charge in [0.25, 0.3) is 0 Å². The van der Waals surface area contributed by atoms with Crippen LogP contribution in [-0.2, 0) is 11.0 Å². The molecule has 2 nitrogen and oxygen atoms in total. The number of nitrogens with one attached hydrogen (secondary N) is 1. The van der Waals surface area contributed by atoms with Crippen LogP contribution in [0.5, 0.6) is 0 Å². The van der Waals surface area contributed by atoms with Crippen molar-refractivity contribution >= 4 is 0 Å². The largest absolute Gasteiger partial charge is 0.385 e. The van der Waals surface area contributed by atoms with Gasteiger partial charge < -0.3 is 10.4 Å². The fourth-order valence-corrected chi connectivity index (χ4v) is 5.90. The summed E-state index contributed by atoms with van der Waals surface area (Å²) in [4.78, 5) is 0. The van der Waals surface area contributed by atoms with E-state index < -0.39 is 5.60 Å². The quantitative estimate of drug-likeness (QED) is 0.713. The summed E-state index contributed by atoms with van der Waals surface area (Å²) in [5.74, 6) is 0.528. The minimum atomic E-state index is -0.775. The SMILES string of the molecule is OC1(c2ccccc2)CCC(c2ccccc2)(c2ccccc2)[C@H]2CNCC21. The molecule has 1 aliphatic carbocycles. The second kappa shape index (κ2) is 6.88. The van der Waals surface area contributed by atoms with E-state index in [1.807, 2.05) is 18.2 Å². The van der Waals surface area contributed by atoms with Crippen molar-refractivity contribution in [3.63, 3.8) is 0 Å². The topological polar surface area (TPSA) is 32.3 Å². The van der Waals surface area contributed by atoms with Crippen LogP contribution in [-0.4, -0.2) is 18.2 Å². The normalized spacial score (nSPS) is 28.6. The summed E-state index contributed by atoms with van der Waals surface area (Å²) in [6.45, 7) is 1.79. The second-order valence-corrected chi connectivity index (χ2v) is 8.36. The molecule has 2 N–H and O–H groups in total. The number of benzene rings is 3. The number of hydrogen-bond donors (Lipinski definition) is 2. The molecule has 0 radical (unpaired) electrons. The van der Waals surface area contributed by atoms with Gasteiger partial charge in [-0.2, -0.15) is 0 Å². The molecule has 1 aliphatic heterocycles. The van der Waals surface area contributed by atoms with Gasteiger partial charge in [-0.25, -0.2) is 0 Å². The molecule has 142 valence electrons. The van der Waals surface area contributed by atoms with Gasteiger partial charge in [-0.3, -0.25) is 0 Å². The minimum Gasteiger partial charge on any atom is -0.385 e. The van der Waals surface area contributed by atoms with Crippen LogP contribution >= 0.6 is 0 Å². The lowest BCUT2D eigenvalue weighted by Crippen LogP contribution is -2.53. The third-order valence-corrected chi connectivity index (χ3v) is 7.21. The van der Waals surface area contributed by atoms with Gasteiger partial charge in [0, 0.05) is 17.9 Å². The van der Waals surface area contributed by atoms with Crippen LogP contribution in [0.25, 0.3) is 0 Å². The van der Waals surface area contributed by atoms with Crippen molar-refractivity contribution in [2.75, 3.05) is 13.1 Å². The molecule has 3 aromatic carbocycles. The van der Waals surface area contributed by atoms with E-state index in [0.29, 0.717) is 5.92 Å². The Hall–Kier alpha value is -2.42. The molecular weight excluding hydrogens is 342 g/mol. The lowest BCUT2D eigenvalue weighted by atomic mass is 9.52. The van der Waals surface area contributed by atoms with Gasteiger partial charge in [-0.15, -0.1) is 0 Å². The zero-order valence-corrected chi connectivity index (χ0v) is 16.1. The number of hydrogen-bond acceptors (Lipinski definition) is 2. The average molecular weight is 370 g/mol. The lowest BCUT2D eigenvalue weighted by molar-refractivity contribution is -0.0834. The Kier molecular flexibility index (Phi) is 4.34. The smallest absolute Gasteiger partial charge is 0.0940 e. The molecule has 2 fully saturated rings. The summed E-state index contributed by atoms with van der Waals surface area (Å²) >= 11 is 0. The van der Waals surface area contributed by atoms with E-state index in [1.165, 1.54) is 11.1 Å². The summed E-state index contributed by atoms with van der Waals surface area (Å²) < 4.78 is 0. The van der Waals surface area contributed by atoms with E-state index in [1.54, 1.807) is 0 Å². The van der Waals surface area contributed by atoms with Crippen molar-refractivity contribution in [2.24, 2.45) is 11.8 Å². The third-order valence-electron chi connectivity index (χ3n) is 7.21. The van der Waals surface area contributed by atoms with Crippen LogP contribution < -0.4 is 5.32 Å². The van der Waals surface area contributed by atoms with Crippen molar-refractivity contribution in [2.45, 2.75) is 23.9 Å². The van der Waals surface area contributed by atoms with Gasteiger partial charge in [-0.05, 0) is 42.0 Å². The first-order chi connectivity index (χ1) is 13.7. The lowest BCUT2D eigenvalue weighted by Gasteiger charge is -2.53. The molecule has 0 aromatic heterocycles. The molecule has 2 heteroatoms. The molecule has 0 bridgehead atoms. The fourth-order valence-electron chi connectivity index (χ4n) is 5.90. The molecule has 3 aromatic rings. The summed E-state index contributed by atoms with van der Waals surface area (Å²) in [5.41, 5.74) is 2.95. The highest BCUT2D eigenvalue weighted by Gasteiger charge is 2.58. The van der Waals surface area contributed by atoms with Crippen LogP contribution in [0.15, 0.2) is 91.0 Å². The van der Waals surface area contributed by atoms with Gasteiger partial charge in [-0.1, -0.05) is 91.0 Å². The second-order valence-electron chi connectivity index (χ2n) is 8.36. The van der Waals surface area contributed by atoms with Gasteiger partial charge in [0.2, 0.25) is 0 Å². The maximum atomic E-state index is 11.9. The van der Waals surface area contributed by atoms with Crippen molar-refractivity contribution in [1.82, 2.24) is 5.32 Å². The Balaban J connectivity index is 1.67. The van der Waals surface area contributed by atoms with Crippen molar-refractivity contribution in [1.29, 1.82) is 0 Å². The van der Waals surface area contributed by atoms with E-state index in [9.17, 15) is 5.11 Å². The summed E-state index contributed by atoms with van der Waals surface area (Å²) in [5, 5.41) is 15.5.